The van der Waals surface area contributed by atoms with Gasteiger partial charge in [0.15, 0.2) is 0 Å². The van der Waals surface area contributed by atoms with Crippen molar-refractivity contribution in [3.63, 3.8) is 0 Å². The van der Waals surface area contributed by atoms with E-state index in [9.17, 15) is 0 Å². The number of aromatic nitrogens is 2. The minimum Gasteiger partial charge on any atom is -0.352 e. The van der Waals surface area contributed by atoms with Gasteiger partial charge in [-0.3, -0.25) is 9.88 Å². The number of anilines is 1. The Morgan fingerprint density at radius 2 is 2.00 bits per heavy atom. The summed E-state index contributed by atoms with van der Waals surface area (Å²) in [6.07, 6.45) is 7.82. The Bertz CT molecular complexity index is 558. The van der Waals surface area contributed by atoms with Crippen LogP contribution in [-0.2, 0) is 6.54 Å². The molecule has 0 aliphatic carbocycles. The highest BCUT2D eigenvalue weighted by Gasteiger charge is 2.27. The van der Waals surface area contributed by atoms with Gasteiger partial charge in [-0.25, -0.2) is 4.98 Å². The van der Waals surface area contributed by atoms with Crippen LogP contribution in [0.25, 0.3) is 0 Å². The monoisotopic (exact) mass is 296 g/mol. The molecule has 4 nitrogen and oxygen atoms in total. The molecule has 0 spiro atoms. The highest BCUT2D eigenvalue weighted by Crippen LogP contribution is 2.20. The summed E-state index contributed by atoms with van der Waals surface area (Å²) in [6, 6.07) is 11.4. The van der Waals surface area contributed by atoms with E-state index in [1.54, 1.807) is 12.4 Å². The summed E-state index contributed by atoms with van der Waals surface area (Å²) in [5.41, 5.74) is 1.40. The van der Waals surface area contributed by atoms with E-state index in [4.69, 9.17) is 0 Å². The van der Waals surface area contributed by atoms with Crippen molar-refractivity contribution < 1.29 is 0 Å². The second-order valence-electron chi connectivity index (χ2n) is 5.91. The molecule has 1 aliphatic rings. The number of rotatable bonds is 5. The molecule has 0 N–H and O–H groups in total. The molecule has 116 valence electrons. The Morgan fingerprint density at radius 3 is 2.73 bits per heavy atom. The van der Waals surface area contributed by atoms with E-state index in [1.165, 1.54) is 18.4 Å². The van der Waals surface area contributed by atoms with Gasteiger partial charge >= 0.3 is 0 Å². The van der Waals surface area contributed by atoms with E-state index in [0.29, 0.717) is 6.04 Å². The first-order valence-electron chi connectivity index (χ1n) is 8.15. The van der Waals surface area contributed by atoms with Gasteiger partial charge in [0.2, 0.25) is 0 Å². The fourth-order valence-electron chi connectivity index (χ4n) is 3.19. The lowest BCUT2D eigenvalue weighted by Gasteiger charge is -2.42. The summed E-state index contributed by atoms with van der Waals surface area (Å²) in [5, 5.41) is 0. The van der Waals surface area contributed by atoms with Crippen molar-refractivity contribution in [2.75, 3.05) is 24.5 Å². The Morgan fingerprint density at radius 1 is 1.14 bits per heavy atom. The molecule has 1 atom stereocenters. The molecule has 1 aliphatic heterocycles. The first kappa shape index (κ1) is 15.0. The SMILES string of the molecule is CCCC1CN(c2cnccn2)CCN1Cc1ccccc1. The van der Waals surface area contributed by atoms with Gasteiger partial charge in [0.25, 0.3) is 0 Å². The van der Waals surface area contributed by atoms with Crippen molar-refractivity contribution in [3.05, 3.63) is 54.5 Å². The molecule has 0 radical (unpaired) electrons. The van der Waals surface area contributed by atoms with Crippen LogP contribution in [0.5, 0.6) is 0 Å². The van der Waals surface area contributed by atoms with Gasteiger partial charge in [-0.1, -0.05) is 43.7 Å². The van der Waals surface area contributed by atoms with Crippen LogP contribution in [0.3, 0.4) is 0 Å². The van der Waals surface area contributed by atoms with Gasteiger partial charge in [0.05, 0.1) is 6.20 Å². The lowest BCUT2D eigenvalue weighted by atomic mass is 10.1. The van der Waals surface area contributed by atoms with E-state index in [1.807, 2.05) is 6.20 Å². The van der Waals surface area contributed by atoms with Crippen molar-refractivity contribution in [1.82, 2.24) is 14.9 Å². The Hall–Kier alpha value is -1.94. The third kappa shape index (κ3) is 3.63. The largest absolute Gasteiger partial charge is 0.352 e. The van der Waals surface area contributed by atoms with E-state index in [0.717, 1.165) is 32.0 Å². The van der Waals surface area contributed by atoms with Crippen molar-refractivity contribution >= 4 is 5.82 Å². The topological polar surface area (TPSA) is 32.3 Å². The Labute approximate surface area is 132 Å². The van der Waals surface area contributed by atoms with E-state index >= 15 is 0 Å². The van der Waals surface area contributed by atoms with Crippen LogP contribution in [0.2, 0.25) is 0 Å². The number of piperazine rings is 1. The fraction of sp³-hybridized carbons (Fsp3) is 0.444. The van der Waals surface area contributed by atoms with Crippen LogP contribution in [0, 0.1) is 0 Å². The lowest BCUT2D eigenvalue weighted by Crippen LogP contribution is -2.53. The Kier molecular flexibility index (Phi) is 5.01. The maximum Gasteiger partial charge on any atom is 0.147 e. The first-order chi connectivity index (χ1) is 10.9. The second kappa shape index (κ2) is 7.36. The molecule has 4 heteroatoms. The molecule has 1 aromatic carbocycles. The van der Waals surface area contributed by atoms with Gasteiger partial charge in [0, 0.05) is 44.6 Å². The molecule has 0 amide bonds. The van der Waals surface area contributed by atoms with Crippen molar-refractivity contribution in [3.8, 4) is 0 Å². The molecule has 0 bridgehead atoms. The van der Waals surface area contributed by atoms with Gasteiger partial charge < -0.3 is 4.90 Å². The molecule has 1 fully saturated rings. The van der Waals surface area contributed by atoms with E-state index in [-0.39, 0.29) is 0 Å². The zero-order valence-electron chi connectivity index (χ0n) is 13.2. The molecule has 0 saturated carbocycles. The minimum absolute atomic E-state index is 0.584. The molecular weight excluding hydrogens is 272 g/mol. The van der Waals surface area contributed by atoms with Crippen LogP contribution in [0.15, 0.2) is 48.9 Å². The van der Waals surface area contributed by atoms with Crippen LogP contribution in [0.1, 0.15) is 25.3 Å². The standard InChI is InChI=1S/C18H24N4/c1-2-6-17-15-22(18-13-19-9-10-20-18)12-11-21(17)14-16-7-4-3-5-8-16/h3-5,7-10,13,17H,2,6,11-12,14-15H2,1H3. The zero-order chi connectivity index (χ0) is 15.2. The molecule has 22 heavy (non-hydrogen) atoms. The average molecular weight is 296 g/mol. The Balaban J connectivity index is 1.68. The number of benzene rings is 1. The first-order valence-corrected chi connectivity index (χ1v) is 8.15. The maximum atomic E-state index is 4.45. The molecule has 2 heterocycles. The molecule has 1 unspecified atom stereocenters. The van der Waals surface area contributed by atoms with E-state index in [2.05, 4.69) is 57.0 Å². The zero-order valence-corrected chi connectivity index (χ0v) is 13.2. The summed E-state index contributed by atoms with van der Waals surface area (Å²) < 4.78 is 0. The van der Waals surface area contributed by atoms with Crippen molar-refractivity contribution in [2.45, 2.75) is 32.4 Å². The van der Waals surface area contributed by atoms with Gasteiger partial charge in [-0.2, -0.15) is 0 Å². The predicted molar refractivity (Wildman–Crippen MR) is 89.8 cm³/mol. The number of hydrogen-bond donors (Lipinski definition) is 0. The third-order valence-corrected chi connectivity index (χ3v) is 4.33. The molecule has 2 aromatic rings. The van der Waals surface area contributed by atoms with Gasteiger partial charge in [-0.05, 0) is 12.0 Å². The molecule has 1 aromatic heterocycles. The normalized spacial score (nSPS) is 19.3. The summed E-state index contributed by atoms with van der Waals surface area (Å²) in [7, 11) is 0. The highest BCUT2D eigenvalue weighted by atomic mass is 15.3. The van der Waals surface area contributed by atoms with Crippen LogP contribution < -0.4 is 4.90 Å². The molecule has 3 rings (SSSR count). The maximum absolute atomic E-state index is 4.45. The fourth-order valence-corrected chi connectivity index (χ4v) is 3.19. The summed E-state index contributed by atoms with van der Waals surface area (Å²) in [6.45, 7) is 6.45. The third-order valence-electron chi connectivity index (χ3n) is 4.33. The number of hydrogen-bond acceptors (Lipinski definition) is 4. The summed E-state index contributed by atoms with van der Waals surface area (Å²) in [4.78, 5) is 13.6. The van der Waals surface area contributed by atoms with Gasteiger partial charge in [0.1, 0.15) is 5.82 Å². The van der Waals surface area contributed by atoms with Crippen molar-refractivity contribution in [2.24, 2.45) is 0 Å². The molecule has 1 saturated heterocycles. The van der Waals surface area contributed by atoms with Crippen LogP contribution >= 0.6 is 0 Å². The molecular formula is C18H24N4. The van der Waals surface area contributed by atoms with Crippen LogP contribution in [-0.4, -0.2) is 40.5 Å². The average Bonchev–Trinajstić information content (AvgIpc) is 2.58. The van der Waals surface area contributed by atoms with E-state index < -0.39 is 0 Å². The highest BCUT2D eigenvalue weighted by molar-refractivity contribution is 5.36. The van der Waals surface area contributed by atoms with Gasteiger partial charge in [-0.15, -0.1) is 0 Å². The van der Waals surface area contributed by atoms with Crippen molar-refractivity contribution in [1.29, 1.82) is 0 Å². The minimum atomic E-state index is 0.584. The predicted octanol–water partition coefficient (Wildman–Crippen LogP) is 2.97. The lowest BCUT2D eigenvalue weighted by molar-refractivity contribution is 0.158. The summed E-state index contributed by atoms with van der Waals surface area (Å²) >= 11 is 0. The second-order valence-corrected chi connectivity index (χ2v) is 5.91. The quantitative estimate of drug-likeness (QED) is 0.849. The number of nitrogens with zero attached hydrogens (tertiary/aromatic N) is 4. The van der Waals surface area contributed by atoms with Crippen LogP contribution in [0.4, 0.5) is 5.82 Å². The summed E-state index contributed by atoms with van der Waals surface area (Å²) in [5.74, 6) is 1.00. The smallest absolute Gasteiger partial charge is 0.147 e.